The first-order valence-electron chi connectivity index (χ1n) is 11.9. The van der Waals surface area contributed by atoms with Gasteiger partial charge >= 0.3 is 0 Å². The first kappa shape index (κ1) is 22.7. The van der Waals surface area contributed by atoms with Crippen LogP contribution < -0.4 is 5.32 Å². The molecule has 1 fully saturated rings. The number of rotatable bonds is 5. The topological polar surface area (TPSA) is 94.2 Å². The van der Waals surface area contributed by atoms with E-state index in [1.807, 2.05) is 11.3 Å². The molecule has 3 aromatic heterocycles. The lowest BCUT2D eigenvalue weighted by molar-refractivity contribution is 0.507. The van der Waals surface area contributed by atoms with Crippen LogP contribution in [-0.4, -0.2) is 38.0 Å². The quantitative estimate of drug-likeness (QED) is 0.371. The Balaban J connectivity index is 1.37. The Labute approximate surface area is 207 Å². The van der Waals surface area contributed by atoms with Crippen LogP contribution in [0.1, 0.15) is 37.1 Å². The Morgan fingerprint density at radius 3 is 2.50 bits per heavy atom. The molecule has 184 valence electrons. The standard InChI is InChI=1S/C26H25FN6O2S/c1-16-3-9-21(10-4-16)36(34,35)32-12-11-23-26(32)28-15-24-30-31-25(33(23)24)22-14-20(13-17(22)2)29-19-7-5-18(27)6-8-19/h3-12,15,17,20,22,29H,13-14H2,1-2H3/t17-,20+,22+/m1/s1. The molecule has 1 N–H and O–H groups in total. The van der Waals surface area contributed by atoms with Gasteiger partial charge in [-0.3, -0.25) is 4.40 Å². The van der Waals surface area contributed by atoms with Crippen LogP contribution in [0.4, 0.5) is 10.1 Å². The molecule has 0 amide bonds. The number of halogens is 1. The van der Waals surface area contributed by atoms with Crippen molar-refractivity contribution in [3.63, 3.8) is 0 Å². The van der Waals surface area contributed by atoms with Gasteiger partial charge in [0.2, 0.25) is 0 Å². The third-order valence-corrected chi connectivity index (χ3v) is 8.75. The molecular formula is C26H25FN6O2S. The molecule has 6 rings (SSSR count). The fourth-order valence-corrected chi connectivity index (χ4v) is 6.51. The zero-order valence-electron chi connectivity index (χ0n) is 19.8. The normalized spacial score (nSPS) is 20.4. The van der Waals surface area contributed by atoms with E-state index in [0.29, 0.717) is 22.7 Å². The Morgan fingerprint density at radius 2 is 1.75 bits per heavy atom. The third kappa shape index (κ3) is 3.72. The third-order valence-electron chi connectivity index (χ3n) is 7.07. The van der Waals surface area contributed by atoms with Crippen LogP contribution in [0.3, 0.4) is 0 Å². The summed E-state index contributed by atoms with van der Waals surface area (Å²) >= 11 is 0. The molecule has 8 nitrogen and oxygen atoms in total. The van der Waals surface area contributed by atoms with Crippen LogP contribution in [0.5, 0.6) is 0 Å². The fourth-order valence-electron chi connectivity index (χ4n) is 5.22. The number of nitrogens with one attached hydrogen (secondary N) is 1. The van der Waals surface area contributed by atoms with E-state index in [4.69, 9.17) is 0 Å². The van der Waals surface area contributed by atoms with Gasteiger partial charge in [-0.1, -0.05) is 24.6 Å². The minimum absolute atomic E-state index is 0.112. The van der Waals surface area contributed by atoms with Gasteiger partial charge in [-0.2, -0.15) is 0 Å². The molecule has 0 spiro atoms. The number of nitrogens with zero attached hydrogens (tertiary/aromatic N) is 5. The minimum Gasteiger partial charge on any atom is -0.382 e. The van der Waals surface area contributed by atoms with Crippen LogP contribution in [0.25, 0.3) is 16.8 Å². The van der Waals surface area contributed by atoms with E-state index in [-0.39, 0.29) is 22.7 Å². The molecule has 1 saturated carbocycles. The Morgan fingerprint density at radius 1 is 1.00 bits per heavy atom. The molecule has 0 radical (unpaired) electrons. The second-order valence-electron chi connectivity index (χ2n) is 9.55. The molecule has 3 atom stereocenters. The van der Waals surface area contributed by atoms with Gasteiger partial charge in [0.05, 0.1) is 16.6 Å². The highest BCUT2D eigenvalue weighted by atomic mass is 32.2. The Bertz CT molecular complexity index is 1680. The minimum atomic E-state index is -3.82. The summed E-state index contributed by atoms with van der Waals surface area (Å²) < 4.78 is 43.2. The lowest BCUT2D eigenvalue weighted by atomic mass is 9.97. The highest BCUT2D eigenvalue weighted by Crippen LogP contribution is 2.40. The average Bonchev–Trinajstić information content (AvgIpc) is 3.57. The van der Waals surface area contributed by atoms with Gasteiger partial charge in [-0.15, -0.1) is 10.2 Å². The second kappa shape index (κ2) is 8.41. The smallest absolute Gasteiger partial charge is 0.269 e. The first-order chi connectivity index (χ1) is 17.3. The number of anilines is 1. The average molecular weight is 505 g/mol. The van der Waals surface area contributed by atoms with E-state index in [0.717, 1.165) is 29.9 Å². The zero-order valence-corrected chi connectivity index (χ0v) is 20.7. The van der Waals surface area contributed by atoms with E-state index in [1.54, 1.807) is 48.7 Å². The van der Waals surface area contributed by atoms with Gasteiger partial charge in [-0.05, 0) is 68.1 Å². The Hall–Kier alpha value is -3.79. The highest BCUT2D eigenvalue weighted by molar-refractivity contribution is 7.90. The van der Waals surface area contributed by atoms with Crippen LogP contribution in [0.2, 0.25) is 0 Å². The number of hydrogen-bond donors (Lipinski definition) is 1. The van der Waals surface area contributed by atoms with Gasteiger partial charge in [0.1, 0.15) is 11.6 Å². The van der Waals surface area contributed by atoms with Crippen molar-refractivity contribution in [2.24, 2.45) is 5.92 Å². The van der Waals surface area contributed by atoms with Crippen LogP contribution in [0.15, 0.2) is 71.9 Å². The van der Waals surface area contributed by atoms with Crippen molar-refractivity contribution in [2.75, 3.05) is 5.32 Å². The summed E-state index contributed by atoms with van der Waals surface area (Å²) in [5, 5.41) is 12.3. The van der Waals surface area contributed by atoms with E-state index in [2.05, 4.69) is 27.4 Å². The van der Waals surface area contributed by atoms with Crippen LogP contribution in [-0.2, 0) is 10.0 Å². The monoisotopic (exact) mass is 504 g/mol. The maximum Gasteiger partial charge on any atom is 0.269 e. The van der Waals surface area contributed by atoms with E-state index in [9.17, 15) is 12.8 Å². The van der Waals surface area contributed by atoms with Crippen molar-refractivity contribution < 1.29 is 12.8 Å². The molecule has 0 bridgehead atoms. The number of benzene rings is 2. The van der Waals surface area contributed by atoms with Gasteiger partial charge in [0.15, 0.2) is 11.3 Å². The summed E-state index contributed by atoms with van der Waals surface area (Å²) in [5.41, 5.74) is 3.41. The second-order valence-corrected chi connectivity index (χ2v) is 11.4. The maximum atomic E-state index is 13.4. The predicted octanol–water partition coefficient (Wildman–Crippen LogP) is 4.76. The van der Waals surface area contributed by atoms with Crippen molar-refractivity contribution in [2.45, 2.75) is 43.5 Å². The van der Waals surface area contributed by atoms with E-state index < -0.39 is 10.0 Å². The number of fused-ring (bicyclic) bond motifs is 3. The lowest BCUT2D eigenvalue weighted by Crippen LogP contribution is -2.15. The molecule has 1 aliphatic rings. The van der Waals surface area contributed by atoms with Gasteiger partial charge in [0, 0.05) is 23.8 Å². The van der Waals surface area contributed by atoms with Crippen molar-refractivity contribution in [1.29, 1.82) is 0 Å². The van der Waals surface area contributed by atoms with E-state index >= 15 is 0 Å². The molecule has 10 heteroatoms. The molecule has 5 aromatic rings. The Kier molecular flexibility index (Phi) is 5.29. The summed E-state index contributed by atoms with van der Waals surface area (Å²) in [6.45, 7) is 4.10. The molecule has 1 aliphatic carbocycles. The summed E-state index contributed by atoms with van der Waals surface area (Å²) in [4.78, 5) is 4.64. The van der Waals surface area contributed by atoms with Crippen LogP contribution in [0, 0.1) is 18.7 Å². The number of hydrogen-bond acceptors (Lipinski definition) is 6. The molecular weight excluding hydrogens is 479 g/mol. The molecule has 0 saturated heterocycles. The number of aryl methyl sites for hydroxylation is 1. The first-order valence-corrected chi connectivity index (χ1v) is 13.3. The van der Waals surface area contributed by atoms with Crippen molar-refractivity contribution >= 4 is 32.5 Å². The van der Waals surface area contributed by atoms with Crippen LogP contribution >= 0.6 is 0 Å². The summed E-state index contributed by atoms with van der Waals surface area (Å²) in [5.74, 6) is 0.957. The lowest BCUT2D eigenvalue weighted by Gasteiger charge is -2.15. The van der Waals surface area contributed by atoms with Crippen molar-refractivity contribution in [1.82, 2.24) is 23.6 Å². The van der Waals surface area contributed by atoms with Crippen molar-refractivity contribution in [3.05, 3.63) is 84.2 Å². The molecule has 0 unspecified atom stereocenters. The van der Waals surface area contributed by atoms with Gasteiger partial charge < -0.3 is 5.32 Å². The van der Waals surface area contributed by atoms with Crippen molar-refractivity contribution in [3.8, 4) is 0 Å². The van der Waals surface area contributed by atoms with E-state index in [1.165, 1.54) is 22.3 Å². The highest BCUT2D eigenvalue weighted by Gasteiger charge is 2.36. The number of aromatic nitrogens is 5. The summed E-state index contributed by atoms with van der Waals surface area (Å²) in [6.07, 6.45) is 4.85. The largest absolute Gasteiger partial charge is 0.382 e. The fraction of sp³-hybridized carbons (Fsp3) is 0.269. The zero-order chi connectivity index (χ0) is 25.0. The summed E-state index contributed by atoms with van der Waals surface area (Å²) in [6, 6.07) is 15.1. The summed E-state index contributed by atoms with van der Waals surface area (Å²) in [7, 11) is -3.82. The predicted molar refractivity (Wildman–Crippen MR) is 135 cm³/mol. The molecule has 3 heterocycles. The van der Waals surface area contributed by atoms with Gasteiger partial charge in [0.25, 0.3) is 10.0 Å². The maximum absolute atomic E-state index is 13.4. The SMILES string of the molecule is Cc1ccc(S(=O)(=O)n2ccc3c2ncc2nnc([C@H]4C[C@@H](Nc5ccc(F)cc5)C[C@H]4C)n23)cc1. The molecule has 36 heavy (non-hydrogen) atoms. The van der Waals surface area contributed by atoms with Gasteiger partial charge in [-0.25, -0.2) is 21.8 Å². The molecule has 0 aliphatic heterocycles. The molecule has 2 aromatic carbocycles.